The Morgan fingerprint density at radius 3 is 2.59 bits per heavy atom. The van der Waals surface area contributed by atoms with Crippen LogP contribution in [-0.2, 0) is 16.6 Å². The average molecular weight is 384 g/mol. The SMILES string of the molecule is C[C@H]1C[C@@H]1c1ccc(CN(C)S(=O)(=O)c2ccccc2Br)o1. The lowest BCUT2D eigenvalue weighted by atomic mass is 10.3. The molecule has 0 N–H and O–H groups in total. The number of rotatable bonds is 5. The molecular weight excluding hydrogens is 366 g/mol. The fourth-order valence-electron chi connectivity index (χ4n) is 2.52. The largest absolute Gasteiger partial charge is 0.464 e. The quantitative estimate of drug-likeness (QED) is 0.784. The number of benzene rings is 1. The van der Waals surface area contributed by atoms with Crippen molar-refractivity contribution in [3.8, 4) is 0 Å². The Labute approximate surface area is 139 Å². The van der Waals surface area contributed by atoms with Gasteiger partial charge in [0.1, 0.15) is 11.5 Å². The van der Waals surface area contributed by atoms with Gasteiger partial charge in [0.05, 0.1) is 11.4 Å². The maximum absolute atomic E-state index is 12.6. The predicted octanol–water partition coefficient (Wildman–Crippen LogP) is 3.99. The van der Waals surface area contributed by atoms with Crippen LogP contribution in [0.15, 0.2) is 50.2 Å². The summed E-state index contributed by atoms with van der Waals surface area (Å²) in [5, 5.41) is 0. The fourth-order valence-corrected chi connectivity index (χ4v) is 4.62. The second kappa shape index (κ2) is 5.83. The van der Waals surface area contributed by atoms with E-state index in [1.165, 1.54) is 4.31 Å². The first-order chi connectivity index (χ1) is 10.4. The van der Waals surface area contributed by atoms with E-state index in [4.69, 9.17) is 4.42 Å². The molecular formula is C16H18BrNO3S. The molecule has 1 aliphatic rings. The Kier molecular flexibility index (Phi) is 4.18. The van der Waals surface area contributed by atoms with E-state index < -0.39 is 10.0 Å². The molecule has 2 atom stereocenters. The van der Waals surface area contributed by atoms with Gasteiger partial charge in [0.2, 0.25) is 10.0 Å². The van der Waals surface area contributed by atoms with Crippen molar-refractivity contribution in [1.82, 2.24) is 4.31 Å². The van der Waals surface area contributed by atoms with Gasteiger partial charge >= 0.3 is 0 Å². The molecule has 22 heavy (non-hydrogen) atoms. The number of hydrogen-bond donors (Lipinski definition) is 0. The third-order valence-electron chi connectivity index (χ3n) is 4.06. The van der Waals surface area contributed by atoms with E-state index >= 15 is 0 Å². The second-order valence-corrected chi connectivity index (χ2v) is 8.68. The highest BCUT2D eigenvalue weighted by Gasteiger charge is 2.36. The number of hydrogen-bond acceptors (Lipinski definition) is 3. The summed E-state index contributed by atoms with van der Waals surface area (Å²) in [4.78, 5) is 0.264. The molecule has 1 heterocycles. The molecule has 1 aromatic carbocycles. The second-order valence-electron chi connectivity index (χ2n) is 5.82. The van der Waals surface area contributed by atoms with Gasteiger partial charge in [0.25, 0.3) is 0 Å². The monoisotopic (exact) mass is 383 g/mol. The van der Waals surface area contributed by atoms with Crippen molar-refractivity contribution >= 4 is 26.0 Å². The minimum absolute atomic E-state index is 0.227. The molecule has 0 aliphatic heterocycles. The van der Waals surface area contributed by atoms with Crippen LogP contribution in [0.5, 0.6) is 0 Å². The molecule has 0 bridgehead atoms. The van der Waals surface area contributed by atoms with Crippen LogP contribution in [0.4, 0.5) is 0 Å². The van der Waals surface area contributed by atoms with Gasteiger partial charge in [-0.3, -0.25) is 0 Å². The van der Waals surface area contributed by atoms with Gasteiger partial charge in [-0.2, -0.15) is 4.31 Å². The topological polar surface area (TPSA) is 50.5 Å². The van der Waals surface area contributed by atoms with E-state index in [1.54, 1.807) is 31.3 Å². The van der Waals surface area contributed by atoms with Crippen LogP contribution in [0, 0.1) is 5.92 Å². The predicted molar refractivity (Wildman–Crippen MR) is 88.0 cm³/mol. The summed E-state index contributed by atoms with van der Waals surface area (Å²) in [5.41, 5.74) is 0. The van der Waals surface area contributed by atoms with Gasteiger partial charge in [-0.05, 0) is 52.5 Å². The van der Waals surface area contributed by atoms with Crippen LogP contribution in [-0.4, -0.2) is 19.8 Å². The van der Waals surface area contributed by atoms with Crippen LogP contribution in [0.3, 0.4) is 0 Å². The first-order valence-corrected chi connectivity index (χ1v) is 9.42. The minimum Gasteiger partial charge on any atom is -0.464 e. The maximum atomic E-state index is 12.6. The van der Waals surface area contributed by atoms with Gasteiger partial charge in [0.15, 0.2) is 0 Å². The fraction of sp³-hybridized carbons (Fsp3) is 0.375. The molecule has 2 aromatic rings. The third-order valence-corrected chi connectivity index (χ3v) is 6.88. The molecule has 118 valence electrons. The van der Waals surface area contributed by atoms with Crippen LogP contribution in [0.25, 0.3) is 0 Å². The molecule has 0 unspecified atom stereocenters. The van der Waals surface area contributed by atoms with Crippen molar-refractivity contribution in [3.63, 3.8) is 0 Å². The molecule has 1 aliphatic carbocycles. The lowest BCUT2D eigenvalue weighted by Crippen LogP contribution is -2.26. The number of sulfonamides is 1. The minimum atomic E-state index is -3.55. The van der Waals surface area contributed by atoms with E-state index in [0.29, 0.717) is 22.1 Å². The third kappa shape index (κ3) is 3.00. The molecule has 1 fully saturated rings. The zero-order valence-corrected chi connectivity index (χ0v) is 14.9. The van der Waals surface area contributed by atoms with Crippen molar-refractivity contribution in [1.29, 1.82) is 0 Å². The maximum Gasteiger partial charge on any atom is 0.244 e. The molecule has 0 spiro atoms. The Balaban J connectivity index is 1.77. The van der Waals surface area contributed by atoms with Crippen molar-refractivity contribution in [2.24, 2.45) is 5.92 Å². The van der Waals surface area contributed by atoms with Gasteiger partial charge in [-0.25, -0.2) is 8.42 Å². The number of furan rings is 1. The van der Waals surface area contributed by atoms with Crippen molar-refractivity contribution in [2.75, 3.05) is 7.05 Å². The highest BCUT2D eigenvalue weighted by molar-refractivity contribution is 9.10. The van der Waals surface area contributed by atoms with E-state index in [9.17, 15) is 8.42 Å². The number of halogens is 1. The van der Waals surface area contributed by atoms with E-state index in [0.717, 1.165) is 12.2 Å². The first kappa shape index (κ1) is 15.8. The normalized spacial score (nSPS) is 21.3. The molecule has 6 heteroatoms. The smallest absolute Gasteiger partial charge is 0.244 e. The molecule has 3 rings (SSSR count). The summed E-state index contributed by atoms with van der Waals surface area (Å²) in [6.45, 7) is 2.42. The zero-order valence-electron chi connectivity index (χ0n) is 12.5. The molecule has 1 saturated carbocycles. The van der Waals surface area contributed by atoms with Crippen molar-refractivity contribution in [2.45, 2.75) is 30.7 Å². The van der Waals surface area contributed by atoms with Gasteiger partial charge < -0.3 is 4.42 Å². The average Bonchev–Trinajstić information content (AvgIpc) is 3.02. The Morgan fingerprint density at radius 1 is 1.27 bits per heavy atom. The van der Waals surface area contributed by atoms with Gasteiger partial charge in [-0.15, -0.1) is 0 Å². The lowest BCUT2D eigenvalue weighted by Gasteiger charge is -2.16. The Hall–Kier alpha value is -1.11. The molecule has 0 saturated heterocycles. The van der Waals surface area contributed by atoms with Gasteiger partial charge in [-0.1, -0.05) is 19.1 Å². The summed E-state index contributed by atoms with van der Waals surface area (Å²) in [6.07, 6.45) is 1.15. The van der Waals surface area contributed by atoms with E-state index in [2.05, 4.69) is 22.9 Å². The summed E-state index contributed by atoms with van der Waals surface area (Å²) < 4.78 is 32.9. The zero-order chi connectivity index (χ0) is 15.9. The summed E-state index contributed by atoms with van der Waals surface area (Å²) >= 11 is 3.29. The number of nitrogens with zero attached hydrogens (tertiary/aromatic N) is 1. The highest BCUT2D eigenvalue weighted by Crippen LogP contribution is 2.47. The van der Waals surface area contributed by atoms with Crippen LogP contribution >= 0.6 is 15.9 Å². The summed E-state index contributed by atoms with van der Waals surface area (Å²) in [7, 11) is -1.98. The Bertz CT molecular complexity index is 784. The van der Waals surface area contributed by atoms with Crippen molar-refractivity contribution in [3.05, 3.63) is 52.4 Å². The Morgan fingerprint density at radius 2 is 1.95 bits per heavy atom. The molecule has 0 amide bonds. The molecule has 1 aromatic heterocycles. The standard InChI is InChI=1S/C16H18BrNO3S/c1-11-9-13(11)15-8-7-12(21-15)10-18(2)22(19,20)16-6-4-3-5-14(16)17/h3-8,11,13H,9-10H2,1-2H3/t11-,13-/m0/s1. The molecule has 0 radical (unpaired) electrons. The van der Waals surface area contributed by atoms with E-state index in [-0.39, 0.29) is 11.4 Å². The van der Waals surface area contributed by atoms with Crippen LogP contribution in [0.2, 0.25) is 0 Å². The van der Waals surface area contributed by atoms with E-state index in [1.807, 2.05) is 12.1 Å². The first-order valence-electron chi connectivity index (χ1n) is 7.19. The van der Waals surface area contributed by atoms with Crippen LogP contribution in [0.1, 0.15) is 30.8 Å². The van der Waals surface area contributed by atoms with Crippen molar-refractivity contribution < 1.29 is 12.8 Å². The molecule has 4 nitrogen and oxygen atoms in total. The lowest BCUT2D eigenvalue weighted by molar-refractivity contribution is 0.389. The highest BCUT2D eigenvalue weighted by atomic mass is 79.9. The summed E-state index contributed by atoms with van der Waals surface area (Å²) in [6, 6.07) is 10.6. The van der Waals surface area contributed by atoms with Crippen LogP contribution < -0.4 is 0 Å². The summed E-state index contributed by atoms with van der Waals surface area (Å²) in [5.74, 6) is 2.81. The van der Waals surface area contributed by atoms with Gasteiger partial charge in [0, 0.05) is 17.4 Å².